The standard InChI is InChI=1S/C19H18N6O5/c1-11(17(27)22-13-6-4-5-12(7-13)8-20)30-14(26)9-25-10-21-16-15(25)18(28)24(3)19(29)23(16)2/h4-7,10-11H,9H2,1-3H3,(H,22,27)/t11-/m0/s1. The predicted molar refractivity (Wildman–Crippen MR) is 106 cm³/mol. The number of benzene rings is 1. The molecule has 154 valence electrons. The van der Waals surface area contributed by atoms with Crippen LogP contribution in [0.4, 0.5) is 5.69 Å². The maximum absolute atomic E-state index is 12.4. The van der Waals surface area contributed by atoms with Gasteiger partial charge in [0.15, 0.2) is 17.3 Å². The number of nitriles is 1. The predicted octanol–water partition coefficient (Wildman–Crippen LogP) is -0.124. The monoisotopic (exact) mass is 410 g/mol. The summed E-state index contributed by atoms with van der Waals surface area (Å²) in [6.45, 7) is 1.03. The summed E-state index contributed by atoms with van der Waals surface area (Å²) in [6.07, 6.45) is 0.135. The first-order chi connectivity index (χ1) is 14.2. The highest BCUT2D eigenvalue weighted by molar-refractivity contribution is 5.95. The molecule has 0 spiro atoms. The topological polar surface area (TPSA) is 141 Å². The number of nitrogens with zero attached hydrogens (tertiary/aromatic N) is 5. The molecule has 11 heteroatoms. The van der Waals surface area contributed by atoms with Gasteiger partial charge in [-0.15, -0.1) is 0 Å². The summed E-state index contributed by atoms with van der Waals surface area (Å²) in [7, 11) is 2.79. The van der Waals surface area contributed by atoms with Crippen LogP contribution < -0.4 is 16.6 Å². The van der Waals surface area contributed by atoms with Gasteiger partial charge in [0.1, 0.15) is 6.54 Å². The molecule has 1 atom stereocenters. The summed E-state index contributed by atoms with van der Waals surface area (Å²) >= 11 is 0. The van der Waals surface area contributed by atoms with Gasteiger partial charge in [0, 0.05) is 19.8 Å². The Kier molecular flexibility index (Phi) is 5.50. The lowest BCUT2D eigenvalue weighted by molar-refractivity contribution is -0.153. The van der Waals surface area contributed by atoms with E-state index in [0.29, 0.717) is 11.3 Å². The number of carbonyl (C=O) groups excluding carboxylic acids is 2. The maximum atomic E-state index is 12.4. The summed E-state index contributed by atoms with van der Waals surface area (Å²) in [4.78, 5) is 52.9. The van der Waals surface area contributed by atoms with Gasteiger partial charge in [0.25, 0.3) is 11.5 Å². The lowest BCUT2D eigenvalue weighted by Gasteiger charge is -2.14. The van der Waals surface area contributed by atoms with Gasteiger partial charge in [-0.3, -0.25) is 23.5 Å². The van der Waals surface area contributed by atoms with E-state index < -0.39 is 29.2 Å². The van der Waals surface area contributed by atoms with Gasteiger partial charge in [-0.05, 0) is 25.1 Å². The molecule has 2 aromatic heterocycles. The fourth-order valence-electron chi connectivity index (χ4n) is 2.85. The Morgan fingerprint density at radius 1 is 1.27 bits per heavy atom. The van der Waals surface area contributed by atoms with Gasteiger partial charge in [0.05, 0.1) is 18.0 Å². The van der Waals surface area contributed by atoms with E-state index >= 15 is 0 Å². The Morgan fingerprint density at radius 3 is 2.70 bits per heavy atom. The second kappa shape index (κ2) is 8.04. The molecule has 1 amide bonds. The highest BCUT2D eigenvalue weighted by Gasteiger charge is 2.21. The molecule has 0 saturated heterocycles. The zero-order valence-electron chi connectivity index (χ0n) is 16.4. The number of aromatic nitrogens is 4. The minimum absolute atomic E-state index is 0.0713. The van der Waals surface area contributed by atoms with Crippen LogP contribution in [0.1, 0.15) is 12.5 Å². The van der Waals surface area contributed by atoms with Crippen molar-refractivity contribution >= 4 is 28.7 Å². The van der Waals surface area contributed by atoms with E-state index in [1.807, 2.05) is 6.07 Å². The summed E-state index contributed by atoms with van der Waals surface area (Å²) in [5, 5.41) is 11.5. The SMILES string of the molecule is C[C@H](OC(=O)Cn1cnc2c1c(=O)n(C)c(=O)n2C)C(=O)Nc1cccc(C#N)c1. The smallest absolute Gasteiger partial charge is 0.332 e. The van der Waals surface area contributed by atoms with Crippen molar-refractivity contribution in [2.24, 2.45) is 14.1 Å². The third-order valence-corrected chi connectivity index (χ3v) is 4.45. The molecule has 3 rings (SSSR count). The zero-order chi connectivity index (χ0) is 22.0. The van der Waals surface area contributed by atoms with Crippen molar-refractivity contribution in [2.45, 2.75) is 19.6 Å². The van der Waals surface area contributed by atoms with Crippen molar-refractivity contribution in [2.75, 3.05) is 5.32 Å². The number of esters is 1. The van der Waals surface area contributed by atoms with E-state index in [2.05, 4.69) is 10.3 Å². The summed E-state index contributed by atoms with van der Waals surface area (Å²) in [6, 6.07) is 8.26. The van der Waals surface area contributed by atoms with Gasteiger partial charge in [0.2, 0.25) is 0 Å². The zero-order valence-corrected chi connectivity index (χ0v) is 16.4. The van der Waals surface area contributed by atoms with E-state index in [-0.39, 0.29) is 17.7 Å². The molecule has 0 radical (unpaired) electrons. The van der Waals surface area contributed by atoms with Crippen molar-refractivity contribution in [3.8, 4) is 6.07 Å². The van der Waals surface area contributed by atoms with Crippen LogP contribution in [0.2, 0.25) is 0 Å². The molecule has 0 bridgehead atoms. The van der Waals surface area contributed by atoms with Gasteiger partial charge < -0.3 is 14.6 Å². The minimum Gasteiger partial charge on any atom is -0.451 e. The van der Waals surface area contributed by atoms with Crippen molar-refractivity contribution in [1.29, 1.82) is 5.26 Å². The summed E-state index contributed by atoms with van der Waals surface area (Å²) < 4.78 is 8.52. The average Bonchev–Trinajstić information content (AvgIpc) is 3.14. The van der Waals surface area contributed by atoms with Crippen LogP contribution in [0.3, 0.4) is 0 Å². The van der Waals surface area contributed by atoms with Gasteiger partial charge in [-0.1, -0.05) is 6.07 Å². The third-order valence-electron chi connectivity index (χ3n) is 4.45. The number of rotatable bonds is 5. The Morgan fingerprint density at radius 2 is 2.00 bits per heavy atom. The molecule has 3 aromatic rings. The van der Waals surface area contributed by atoms with E-state index in [9.17, 15) is 19.2 Å². The lowest BCUT2D eigenvalue weighted by atomic mass is 10.2. The number of hydrogen-bond acceptors (Lipinski definition) is 7. The first-order valence-electron chi connectivity index (χ1n) is 8.84. The number of anilines is 1. The number of ether oxygens (including phenoxy) is 1. The maximum Gasteiger partial charge on any atom is 0.332 e. The third kappa shape index (κ3) is 3.83. The molecular weight excluding hydrogens is 392 g/mol. The number of carbonyl (C=O) groups is 2. The molecule has 0 aliphatic carbocycles. The number of fused-ring (bicyclic) bond motifs is 1. The number of aryl methyl sites for hydroxylation is 1. The molecule has 0 saturated carbocycles. The second-order valence-corrected chi connectivity index (χ2v) is 6.56. The molecule has 2 heterocycles. The average molecular weight is 410 g/mol. The van der Waals surface area contributed by atoms with Gasteiger partial charge >= 0.3 is 11.7 Å². The molecule has 0 unspecified atom stereocenters. The van der Waals surface area contributed by atoms with Crippen LogP contribution in [0.5, 0.6) is 0 Å². The number of amides is 1. The number of imidazole rings is 1. The quantitative estimate of drug-likeness (QED) is 0.578. The van der Waals surface area contributed by atoms with Crippen molar-refractivity contribution in [3.05, 3.63) is 57.0 Å². The normalized spacial score (nSPS) is 11.7. The van der Waals surface area contributed by atoms with E-state index in [1.165, 1.54) is 42.5 Å². The number of nitrogens with one attached hydrogen (secondary N) is 1. The Labute approximate surface area is 169 Å². The largest absolute Gasteiger partial charge is 0.451 e. The number of hydrogen-bond donors (Lipinski definition) is 1. The fraction of sp³-hybridized carbons (Fsp3) is 0.263. The molecule has 30 heavy (non-hydrogen) atoms. The van der Waals surface area contributed by atoms with E-state index in [1.54, 1.807) is 18.2 Å². The molecule has 1 N–H and O–H groups in total. The molecule has 0 aliphatic heterocycles. The van der Waals surface area contributed by atoms with Gasteiger partial charge in [-0.2, -0.15) is 5.26 Å². The van der Waals surface area contributed by atoms with Crippen LogP contribution in [0, 0.1) is 11.3 Å². The second-order valence-electron chi connectivity index (χ2n) is 6.56. The Hall–Kier alpha value is -4.20. The van der Waals surface area contributed by atoms with E-state index in [4.69, 9.17) is 10.00 Å². The van der Waals surface area contributed by atoms with Crippen molar-refractivity contribution in [1.82, 2.24) is 18.7 Å². The Bertz CT molecular complexity index is 1310. The molecule has 0 fully saturated rings. The van der Waals surface area contributed by atoms with Crippen LogP contribution >= 0.6 is 0 Å². The fourth-order valence-corrected chi connectivity index (χ4v) is 2.85. The highest BCUT2D eigenvalue weighted by Crippen LogP contribution is 2.11. The van der Waals surface area contributed by atoms with Gasteiger partial charge in [-0.25, -0.2) is 9.78 Å². The van der Waals surface area contributed by atoms with Crippen LogP contribution in [0.25, 0.3) is 11.2 Å². The van der Waals surface area contributed by atoms with Crippen molar-refractivity contribution in [3.63, 3.8) is 0 Å². The minimum atomic E-state index is -1.12. The molecule has 0 aliphatic rings. The lowest BCUT2D eigenvalue weighted by Crippen LogP contribution is -2.38. The summed E-state index contributed by atoms with van der Waals surface area (Å²) in [5.41, 5.74) is -0.152. The Balaban J connectivity index is 1.72. The van der Waals surface area contributed by atoms with Crippen LogP contribution in [-0.2, 0) is 35.0 Å². The van der Waals surface area contributed by atoms with Crippen LogP contribution in [-0.4, -0.2) is 36.7 Å². The first-order valence-corrected chi connectivity index (χ1v) is 8.84. The molecule has 1 aromatic carbocycles. The highest BCUT2D eigenvalue weighted by atomic mass is 16.5. The van der Waals surface area contributed by atoms with Crippen LogP contribution in [0.15, 0.2) is 40.2 Å². The molecular formula is C19H18N6O5. The first kappa shape index (κ1) is 20.5. The van der Waals surface area contributed by atoms with Crippen molar-refractivity contribution < 1.29 is 14.3 Å². The summed E-state index contributed by atoms with van der Waals surface area (Å²) in [5.74, 6) is -1.34. The van der Waals surface area contributed by atoms with E-state index in [0.717, 1.165) is 4.57 Å². The molecule has 11 nitrogen and oxygen atoms in total.